The topological polar surface area (TPSA) is 160 Å². The zero-order valence-electron chi connectivity index (χ0n) is 34.2. The minimum Gasteiger partial charge on any atom is -0.408 e. The molecule has 3 aromatic heterocycles. The van der Waals surface area contributed by atoms with Crippen molar-refractivity contribution in [1.29, 1.82) is 0 Å². The molecular weight excluding hydrogens is 778 g/mol. The summed E-state index contributed by atoms with van der Waals surface area (Å²) in [7, 11) is 0. The zero-order chi connectivity index (χ0) is 42.0. The lowest BCUT2D eigenvalue weighted by Crippen LogP contribution is -2.49. The lowest BCUT2D eigenvalue weighted by atomic mass is 9.85. The molecule has 2 amide bonds. The van der Waals surface area contributed by atoms with Crippen molar-refractivity contribution in [2.45, 2.75) is 82.3 Å². The molecule has 6 heterocycles. The lowest BCUT2D eigenvalue weighted by molar-refractivity contribution is -0.126. The fraction of sp³-hybridized carbons (Fsp3) is 0.435. The van der Waals surface area contributed by atoms with Crippen molar-refractivity contribution in [2.75, 3.05) is 42.9 Å². The lowest BCUT2D eigenvalue weighted by Gasteiger charge is -2.42. The Morgan fingerprint density at radius 1 is 0.918 bits per heavy atom. The van der Waals surface area contributed by atoms with Crippen molar-refractivity contribution >= 4 is 34.5 Å². The number of carbonyl (C=O) groups excluding carboxylic acids is 2. The number of piperidine rings is 3. The number of nitrogens with one attached hydrogen (secondary N) is 3. The van der Waals surface area contributed by atoms with Crippen molar-refractivity contribution in [3.63, 3.8) is 0 Å². The number of anilines is 2. The van der Waals surface area contributed by atoms with Gasteiger partial charge in [0.15, 0.2) is 11.4 Å². The first-order valence-corrected chi connectivity index (χ1v) is 21.6. The smallest absolute Gasteiger partial charge is 0.408 e. The molecule has 0 spiro atoms. The van der Waals surface area contributed by atoms with Crippen LogP contribution in [-0.4, -0.2) is 80.6 Å². The molecule has 0 radical (unpaired) electrons. The summed E-state index contributed by atoms with van der Waals surface area (Å²) >= 11 is 0. The molecule has 5 aromatic rings. The number of rotatable bonds is 10. The molecular formula is C46H52FN9O5. The highest BCUT2D eigenvalue weighted by Crippen LogP contribution is 2.32. The molecule has 0 bridgehead atoms. The van der Waals surface area contributed by atoms with E-state index in [2.05, 4.69) is 42.3 Å². The van der Waals surface area contributed by atoms with Gasteiger partial charge in [-0.15, -0.1) is 0 Å². The van der Waals surface area contributed by atoms with Crippen molar-refractivity contribution in [3.8, 4) is 16.9 Å². The summed E-state index contributed by atoms with van der Waals surface area (Å²) < 4.78 is 23.7. The number of hydrogen-bond acceptors (Lipinski definition) is 10. The minimum absolute atomic E-state index is 0.0187. The van der Waals surface area contributed by atoms with E-state index in [1.807, 2.05) is 18.2 Å². The Morgan fingerprint density at radius 3 is 2.56 bits per heavy atom. The Balaban J connectivity index is 0.727. The molecule has 3 aliphatic heterocycles. The Labute approximate surface area is 352 Å². The average molecular weight is 830 g/mol. The molecule has 3 N–H and O–H groups in total. The van der Waals surface area contributed by atoms with Gasteiger partial charge >= 0.3 is 5.76 Å². The number of aromatic nitrogens is 4. The van der Waals surface area contributed by atoms with E-state index in [0.29, 0.717) is 71.8 Å². The van der Waals surface area contributed by atoms with Gasteiger partial charge in [-0.25, -0.2) is 19.2 Å². The Kier molecular flexibility index (Phi) is 11.6. The fourth-order valence-electron chi connectivity index (χ4n) is 9.75. The second kappa shape index (κ2) is 17.5. The van der Waals surface area contributed by atoms with Gasteiger partial charge in [0.25, 0.3) is 5.56 Å². The van der Waals surface area contributed by atoms with E-state index in [9.17, 15) is 19.2 Å². The molecule has 9 rings (SSSR count). The van der Waals surface area contributed by atoms with E-state index < -0.39 is 17.6 Å². The number of hydrogen-bond donors (Lipinski definition) is 3. The second-order valence-electron chi connectivity index (χ2n) is 17.0. The highest BCUT2D eigenvalue weighted by atomic mass is 19.1. The predicted molar refractivity (Wildman–Crippen MR) is 231 cm³/mol. The number of fused-ring (bicyclic) bond motifs is 1. The Bertz CT molecular complexity index is 2550. The summed E-state index contributed by atoms with van der Waals surface area (Å²) in [5.41, 5.74) is 3.91. The summed E-state index contributed by atoms with van der Waals surface area (Å²) in [5.74, 6) is -0.585. The Morgan fingerprint density at radius 2 is 1.75 bits per heavy atom. The SMILES string of the molecule is C=C1CCC(n2c(=O)oc3cc(N4CCC(N5CCC(CNC(=O)C6CCCC(Nc7ncc(F)c(-c8cccc(-n9ccccc9=O)c8)n7)C6)CC5)CC4)ccc32)C(=O)N1. The van der Waals surface area contributed by atoms with Crippen LogP contribution in [0.2, 0.25) is 0 Å². The number of halogens is 1. The number of amides is 2. The van der Waals surface area contributed by atoms with E-state index in [1.165, 1.54) is 15.2 Å². The fourth-order valence-corrected chi connectivity index (χ4v) is 9.75. The molecule has 15 heteroatoms. The molecule has 3 unspecified atom stereocenters. The molecule has 1 saturated carbocycles. The Hall–Kier alpha value is -6.09. The van der Waals surface area contributed by atoms with E-state index >= 15 is 4.39 Å². The highest BCUT2D eigenvalue weighted by molar-refractivity contribution is 5.86. The molecule has 14 nitrogen and oxygen atoms in total. The molecule has 2 aromatic carbocycles. The third-order valence-electron chi connectivity index (χ3n) is 13.1. The van der Waals surface area contributed by atoms with Crippen LogP contribution < -0.4 is 32.2 Å². The molecule has 318 valence electrons. The number of likely N-dealkylation sites (tertiary alicyclic amines) is 1. The van der Waals surface area contributed by atoms with Gasteiger partial charge < -0.3 is 30.2 Å². The molecule has 4 fully saturated rings. The number of benzene rings is 2. The maximum atomic E-state index is 15.1. The minimum atomic E-state index is -0.608. The molecule has 1 aliphatic carbocycles. The van der Waals surface area contributed by atoms with Gasteiger partial charge in [0.1, 0.15) is 11.7 Å². The molecule has 4 aliphatic rings. The van der Waals surface area contributed by atoms with Gasteiger partial charge in [0.05, 0.1) is 11.7 Å². The third-order valence-corrected chi connectivity index (χ3v) is 13.1. The largest absolute Gasteiger partial charge is 0.420 e. The van der Waals surface area contributed by atoms with E-state index in [1.54, 1.807) is 42.6 Å². The zero-order valence-corrected chi connectivity index (χ0v) is 34.2. The van der Waals surface area contributed by atoms with Gasteiger partial charge in [0, 0.05) is 78.6 Å². The van der Waals surface area contributed by atoms with E-state index in [4.69, 9.17) is 4.42 Å². The first kappa shape index (κ1) is 40.3. The summed E-state index contributed by atoms with van der Waals surface area (Å²) in [4.78, 5) is 65.0. The van der Waals surface area contributed by atoms with Crippen LogP contribution in [0.15, 0.2) is 99.3 Å². The van der Waals surface area contributed by atoms with Crippen LogP contribution in [0, 0.1) is 17.7 Å². The van der Waals surface area contributed by atoms with Gasteiger partial charge in [-0.2, -0.15) is 0 Å². The van der Waals surface area contributed by atoms with E-state index in [-0.39, 0.29) is 35.0 Å². The van der Waals surface area contributed by atoms with Crippen LogP contribution in [0.5, 0.6) is 0 Å². The summed E-state index contributed by atoms with van der Waals surface area (Å²) in [5, 5.41) is 9.41. The number of carbonyl (C=O) groups is 2. The van der Waals surface area contributed by atoms with Crippen molar-refractivity contribution in [2.24, 2.45) is 11.8 Å². The summed E-state index contributed by atoms with van der Waals surface area (Å²) in [6, 6.07) is 17.7. The molecule has 61 heavy (non-hydrogen) atoms. The van der Waals surface area contributed by atoms with Crippen LogP contribution in [0.3, 0.4) is 0 Å². The second-order valence-corrected chi connectivity index (χ2v) is 17.0. The maximum Gasteiger partial charge on any atom is 0.420 e. The predicted octanol–water partition coefficient (Wildman–Crippen LogP) is 5.77. The first-order valence-electron chi connectivity index (χ1n) is 21.6. The molecule has 3 atom stereocenters. The third kappa shape index (κ3) is 8.74. The first-order chi connectivity index (χ1) is 29.7. The summed E-state index contributed by atoms with van der Waals surface area (Å²) in [6.45, 7) is 8.36. The van der Waals surface area contributed by atoms with Crippen molar-refractivity contribution in [3.05, 3.63) is 112 Å². The standard InChI is InChI=1S/C46H52FN9O5/c1-29-11-13-39(44(59)50-29)56-38-14-12-35(26-40(38)61-46(56)60)54-22-17-34(18-23-54)53-20-15-30(16-21-53)27-48-43(58)32-7-4-8-33(24-32)51-45-49-28-37(47)42(52-45)31-6-5-9-36(25-31)55-19-3-2-10-41(55)57/h2-3,5-6,9-10,12,14,19,25-26,28,30,32-34,39H,1,4,7-8,11,13,15-18,20-24,27H2,(H,48,58)(H,50,59)(H,49,51,52). The maximum absolute atomic E-state index is 15.1. The van der Waals surface area contributed by atoms with Crippen LogP contribution in [-0.2, 0) is 9.59 Å². The van der Waals surface area contributed by atoms with Gasteiger partial charge in [-0.05, 0) is 107 Å². The highest BCUT2D eigenvalue weighted by Gasteiger charge is 2.33. The van der Waals surface area contributed by atoms with Crippen molar-refractivity contribution in [1.82, 2.24) is 34.6 Å². The monoisotopic (exact) mass is 829 g/mol. The number of pyridine rings is 1. The van der Waals surface area contributed by atoms with Gasteiger partial charge in [0.2, 0.25) is 17.8 Å². The number of oxazole rings is 1. The van der Waals surface area contributed by atoms with E-state index in [0.717, 1.165) is 83.0 Å². The summed E-state index contributed by atoms with van der Waals surface area (Å²) in [6.07, 6.45) is 11.4. The van der Waals surface area contributed by atoms with Crippen LogP contribution in [0.4, 0.5) is 16.0 Å². The average Bonchev–Trinajstić information content (AvgIpc) is 3.61. The van der Waals surface area contributed by atoms with Crippen LogP contribution in [0.1, 0.15) is 70.3 Å². The molecule has 3 saturated heterocycles. The van der Waals surface area contributed by atoms with Gasteiger partial charge in [-0.1, -0.05) is 31.2 Å². The normalized spacial score (nSPS) is 22.0. The number of allylic oxidation sites excluding steroid dienone is 1. The van der Waals surface area contributed by atoms with Gasteiger partial charge in [-0.3, -0.25) is 23.5 Å². The van der Waals surface area contributed by atoms with Crippen LogP contribution >= 0.6 is 0 Å². The van der Waals surface area contributed by atoms with Crippen molar-refractivity contribution < 1.29 is 18.4 Å². The number of nitrogens with zero attached hydrogens (tertiary/aromatic N) is 6. The van der Waals surface area contributed by atoms with Crippen LogP contribution in [0.25, 0.3) is 28.0 Å². The quantitative estimate of drug-likeness (QED) is 0.158.